The van der Waals surface area contributed by atoms with Crippen LogP contribution in [0.4, 0.5) is 0 Å². The SMILES string of the molecule is CCOc1ccc(C=Cc2nc3sc(C(=O)O)cn3c(=O)c2CC)cc1. The van der Waals surface area contributed by atoms with E-state index in [9.17, 15) is 9.59 Å². The van der Waals surface area contributed by atoms with E-state index >= 15 is 0 Å². The Kier molecular flexibility index (Phi) is 5.18. The monoisotopic (exact) mass is 370 g/mol. The summed E-state index contributed by atoms with van der Waals surface area (Å²) in [5, 5.41) is 9.13. The first-order valence-electron chi connectivity index (χ1n) is 8.22. The number of nitrogens with zero attached hydrogens (tertiary/aromatic N) is 2. The van der Waals surface area contributed by atoms with Gasteiger partial charge in [0.1, 0.15) is 10.6 Å². The van der Waals surface area contributed by atoms with Crippen molar-refractivity contribution < 1.29 is 14.6 Å². The molecule has 26 heavy (non-hydrogen) atoms. The normalized spacial score (nSPS) is 11.3. The molecule has 1 aromatic carbocycles. The highest BCUT2D eigenvalue weighted by Gasteiger charge is 2.15. The minimum Gasteiger partial charge on any atom is -0.494 e. The first-order valence-corrected chi connectivity index (χ1v) is 9.04. The van der Waals surface area contributed by atoms with Gasteiger partial charge < -0.3 is 9.84 Å². The molecule has 2 aromatic heterocycles. The summed E-state index contributed by atoms with van der Waals surface area (Å²) in [4.78, 5) is 28.7. The molecule has 0 amide bonds. The number of carbonyl (C=O) groups is 1. The number of aromatic nitrogens is 2. The van der Waals surface area contributed by atoms with Gasteiger partial charge in [0.25, 0.3) is 5.56 Å². The maximum absolute atomic E-state index is 12.6. The highest BCUT2D eigenvalue weighted by Crippen LogP contribution is 2.19. The Bertz CT molecular complexity index is 1030. The van der Waals surface area contributed by atoms with Crippen LogP contribution in [0.25, 0.3) is 17.1 Å². The van der Waals surface area contributed by atoms with Gasteiger partial charge in [0.05, 0.1) is 12.3 Å². The fourth-order valence-electron chi connectivity index (χ4n) is 2.58. The molecule has 0 spiro atoms. The van der Waals surface area contributed by atoms with Crippen LogP contribution >= 0.6 is 11.3 Å². The Morgan fingerprint density at radius 2 is 2.00 bits per heavy atom. The van der Waals surface area contributed by atoms with Crippen molar-refractivity contribution in [2.45, 2.75) is 20.3 Å². The second-order valence-corrected chi connectivity index (χ2v) is 6.53. The van der Waals surface area contributed by atoms with E-state index in [2.05, 4.69) is 4.98 Å². The Balaban J connectivity index is 2.00. The van der Waals surface area contributed by atoms with Crippen molar-refractivity contribution in [3.05, 3.63) is 62.5 Å². The van der Waals surface area contributed by atoms with Gasteiger partial charge in [-0.05, 0) is 37.1 Å². The molecule has 0 saturated carbocycles. The van der Waals surface area contributed by atoms with Crippen molar-refractivity contribution in [3.63, 3.8) is 0 Å². The molecule has 0 aliphatic carbocycles. The average molecular weight is 370 g/mol. The van der Waals surface area contributed by atoms with Gasteiger partial charge in [0.2, 0.25) is 0 Å². The van der Waals surface area contributed by atoms with Crippen molar-refractivity contribution in [1.82, 2.24) is 9.38 Å². The van der Waals surface area contributed by atoms with Gasteiger partial charge in [-0.15, -0.1) is 0 Å². The second kappa shape index (κ2) is 7.53. The van der Waals surface area contributed by atoms with Gasteiger partial charge in [-0.1, -0.05) is 36.5 Å². The number of hydrogen-bond donors (Lipinski definition) is 1. The molecule has 2 heterocycles. The van der Waals surface area contributed by atoms with Crippen LogP contribution in [0.5, 0.6) is 5.75 Å². The summed E-state index contributed by atoms with van der Waals surface area (Å²) in [7, 11) is 0. The van der Waals surface area contributed by atoms with Gasteiger partial charge >= 0.3 is 5.97 Å². The predicted molar refractivity (Wildman–Crippen MR) is 102 cm³/mol. The van der Waals surface area contributed by atoms with E-state index in [0.29, 0.717) is 29.2 Å². The van der Waals surface area contributed by atoms with E-state index in [1.807, 2.05) is 44.2 Å². The van der Waals surface area contributed by atoms with E-state index in [4.69, 9.17) is 9.84 Å². The summed E-state index contributed by atoms with van der Waals surface area (Å²) < 4.78 is 6.73. The maximum Gasteiger partial charge on any atom is 0.347 e. The quantitative estimate of drug-likeness (QED) is 0.717. The molecule has 0 unspecified atom stereocenters. The van der Waals surface area contributed by atoms with Gasteiger partial charge in [0, 0.05) is 11.8 Å². The van der Waals surface area contributed by atoms with E-state index in [1.165, 1.54) is 10.6 Å². The molecule has 0 saturated heterocycles. The summed E-state index contributed by atoms with van der Waals surface area (Å²) in [6.07, 6.45) is 5.50. The molecule has 7 heteroatoms. The zero-order valence-corrected chi connectivity index (χ0v) is 15.2. The van der Waals surface area contributed by atoms with Gasteiger partial charge in [0.15, 0.2) is 4.96 Å². The number of carboxylic acids is 1. The summed E-state index contributed by atoms with van der Waals surface area (Å²) in [5.74, 6) is -0.263. The Morgan fingerprint density at radius 1 is 1.27 bits per heavy atom. The summed E-state index contributed by atoms with van der Waals surface area (Å²) in [6.45, 7) is 4.42. The van der Waals surface area contributed by atoms with Crippen LogP contribution in [0, 0.1) is 0 Å². The van der Waals surface area contributed by atoms with Gasteiger partial charge in [-0.3, -0.25) is 9.20 Å². The fraction of sp³-hybridized carbons (Fsp3) is 0.211. The molecule has 6 nitrogen and oxygen atoms in total. The molecular formula is C19H18N2O4S. The van der Waals surface area contributed by atoms with Crippen LogP contribution in [0.2, 0.25) is 0 Å². The highest BCUT2D eigenvalue weighted by atomic mass is 32.1. The van der Waals surface area contributed by atoms with Crippen LogP contribution in [-0.4, -0.2) is 27.1 Å². The lowest BCUT2D eigenvalue weighted by molar-refractivity contribution is 0.0701. The Labute approximate surface area is 154 Å². The first kappa shape index (κ1) is 17.9. The molecule has 0 bridgehead atoms. The molecule has 0 aliphatic rings. The van der Waals surface area contributed by atoms with Crippen molar-refractivity contribution >= 4 is 34.4 Å². The van der Waals surface area contributed by atoms with E-state index < -0.39 is 5.97 Å². The molecule has 0 radical (unpaired) electrons. The lowest BCUT2D eigenvalue weighted by atomic mass is 10.1. The number of hydrogen-bond acceptors (Lipinski definition) is 5. The van der Waals surface area contributed by atoms with Crippen LogP contribution in [0.1, 0.15) is 40.3 Å². The van der Waals surface area contributed by atoms with Crippen molar-refractivity contribution in [2.75, 3.05) is 6.61 Å². The van der Waals surface area contributed by atoms with Crippen molar-refractivity contribution in [2.24, 2.45) is 0 Å². The minimum absolute atomic E-state index is 0.0873. The lowest BCUT2D eigenvalue weighted by Crippen LogP contribution is -2.19. The van der Waals surface area contributed by atoms with Crippen molar-refractivity contribution in [3.8, 4) is 5.75 Å². The van der Waals surface area contributed by atoms with Gasteiger partial charge in [-0.25, -0.2) is 9.78 Å². The lowest BCUT2D eigenvalue weighted by Gasteiger charge is -2.04. The molecule has 1 N–H and O–H groups in total. The maximum atomic E-state index is 12.6. The van der Waals surface area contributed by atoms with Crippen LogP contribution in [-0.2, 0) is 6.42 Å². The Hall–Kier alpha value is -2.93. The van der Waals surface area contributed by atoms with E-state index in [0.717, 1.165) is 22.6 Å². The number of fused-ring (bicyclic) bond motifs is 1. The fourth-order valence-corrected chi connectivity index (χ4v) is 3.40. The van der Waals surface area contributed by atoms with Crippen molar-refractivity contribution in [1.29, 1.82) is 0 Å². The largest absolute Gasteiger partial charge is 0.494 e. The number of thiazole rings is 1. The number of benzene rings is 1. The van der Waals surface area contributed by atoms with Crippen LogP contribution in [0.15, 0.2) is 35.3 Å². The van der Waals surface area contributed by atoms with Crippen LogP contribution in [0.3, 0.4) is 0 Å². The smallest absolute Gasteiger partial charge is 0.347 e. The summed E-state index contributed by atoms with van der Waals surface area (Å²) >= 11 is 0.984. The third-order valence-electron chi connectivity index (χ3n) is 3.85. The topological polar surface area (TPSA) is 80.9 Å². The predicted octanol–water partition coefficient (Wildman–Crippen LogP) is 3.59. The highest BCUT2D eigenvalue weighted by molar-refractivity contribution is 7.18. The van der Waals surface area contributed by atoms with E-state index in [1.54, 1.807) is 6.08 Å². The molecule has 134 valence electrons. The Morgan fingerprint density at radius 3 is 2.62 bits per heavy atom. The summed E-state index contributed by atoms with van der Waals surface area (Å²) in [5.41, 5.74) is 1.84. The number of ether oxygens (including phenoxy) is 1. The molecule has 0 aliphatic heterocycles. The molecule has 3 aromatic rings. The zero-order valence-electron chi connectivity index (χ0n) is 14.4. The third-order valence-corrected chi connectivity index (χ3v) is 4.82. The number of aromatic carboxylic acids is 1. The third kappa shape index (κ3) is 3.52. The molecule has 0 atom stereocenters. The molecule has 0 fully saturated rings. The summed E-state index contributed by atoms with van der Waals surface area (Å²) in [6, 6.07) is 7.61. The zero-order chi connectivity index (χ0) is 18.7. The number of carboxylic acid groups (broad SMARTS) is 1. The molecular weight excluding hydrogens is 352 g/mol. The molecule has 3 rings (SSSR count). The second-order valence-electron chi connectivity index (χ2n) is 5.52. The number of rotatable bonds is 6. The average Bonchev–Trinajstić information content (AvgIpc) is 3.06. The minimum atomic E-state index is -1.07. The van der Waals surface area contributed by atoms with Crippen LogP contribution < -0.4 is 10.3 Å². The van der Waals surface area contributed by atoms with Gasteiger partial charge in [-0.2, -0.15) is 0 Å². The van der Waals surface area contributed by atoms with E-state index in [-0.39, 0.29) is 10.4 Å². The first-order chi connectivity index (χ1) is 12.5. The standard InChI is InChI=1S/C19H18N2O4S/c1-3-14-15(10-7-12-5-8-13(9-6-12)25-4-2)20-19-21(17(14)22)11-16(26-19)18(23)24/h5-11H,3-4H2,1-2H3,(H,23,24).